The van der Waals surface area contributed by atoms with Gasteiger partial charge >= 0.3 is 0 Å². The molecular formula is C21H31N3O4. The zero-order chi connectivity index (χ0) is 19.9. The zero-order valence-corrected chi connectivity index (χ0v) is 17.0. The van der Waals surface area contributed by atoms with Crippen molar-refractivity contribution in [2.75, 3.05) is 65.6 Å². The van der Waals surface area contributed by atoms with Crippen molar-refractivity contribution in [3.8, 4) is 5.75 Å². The van der Waals surface area contributed by atoms with Crippen molar-refractivity contribution >= 4 is 11.8 Å². The van der Waals surface area contributed by atoms with Crippen LogP contribution < -0.4 is 4.74 Å². The Bertz CT molecular complexity index is 680. The third-order valence-corrected chi connectivity index (χ3v) is 5.58. The summed E-state index contributed by atoms with van der Waals surface area (Å²) in [6.07, 6.45) is 0.356. The van der Waals surface area contributed by atoms with E-state index in [0.717, 1.165) is 24.4 Å². The summed E-state index contributed by atoms with van der Waals surface area (Å²) in [5.74, 6) is 1.07. The Hall–Kier alpha value is -2.12. The molecule has 2 heterocycles. The number of rotatable bonds is 6. The first-order valence-electron chi connectivity index (χ1n) is 10.1. The fourth-order valence-electron chi connectivity index (χ4n) is 3.54. The van der Waals surface area contributed by atoms with E-state index in [-0.39, 0.29) is 11.8 Å². The van der Waals surface area contributed by atoms with E-state index in [1.165, 1.54) is 5.56 Å². The number of hydrogen-bond acceptors (Lipinski definition) is 5. The number of amides is 2. The summed E-state index contributed by atoms with van der Waals surface area (Å²) in [4.78, 5) is 30.7. The Labute approximate surface area is 167 Å². The third kappa shape index (κ3) is 5.45. The van der Waals surface area contributed by atoms with Gasteiger partial charge in [-0.15, -0.1) is 0 Å². The summed E-state index contributed by atoms with van der Waals surface area (Å²) in [6.45, 7) is 10.3. The molecule has 3 rings (SSSR count). The summed E-state index contributed by atoms with van der Waals surface area (Å²) >= 11 is 0. The molecule has 1 aromatic carbocycles. The van der Waals surface area contributed by atoms with E-state index in [4.69, 9.17) is 9.47 Å². The molecule has 0 atom stereocenters. The molecule has 0 bridgehead atoms. The second-order valence-electron chi connectivity index (χ2n) is 7.45. The number of aryl methyl sites for hydroxylation is 1. The molecule has 2 aliphatic rings. The average Bonchev–Trinajstić information content (AvgIpc) is 2.72. The van der Waals surface area contributed by atoms with Crippen LogP contribution in [0.1, 0.15) is 17.5 Å². The highest BCUT2D eigenvalue weighted by Crippen LogP contribution is 2.20. The van der Waals surface area contributed by atoms with Crippen LogP contribution in [-0.4, -0.2) is 92.1 Å². The van der Waals surface area contributed by atoms with Gasteiger partial charge in [0.2, 0.25) is 11.8 Å². The van der Waals surface area contributed by atoms with Crippen molar-refractivity contribution in [3.63, 3.8) is 0 Å². The lowest BCUT2D eigenvalue weighted by molar-refractivity contribution is -0.141. The Morgan fingerprint density at radius 2 is 1.61 bits per heavy atom. The molecule has 0 aromatic heterocycles. The second kappa shape index (κ2) is 9.89. The first-order valence-corrected chi connectivity index (χ1v) is 10.1. The molecule has 1 aromatic rings. The predicted octanol–water partition coefficient (Wildman–Crippen LogP) is 1.08. The summed E-state index contributed by atoms with van der Waals surface area (Å²) in [6, 6.07) is 5.95. The van der Waals surface area contributed by atoms with Crippen LogP contribution in [0, 0.1) is 13.8 Å². The Balaban J connectivity index is 1.37. The van der Waals surface area contributed by atoms with Gasteiger partial charge < -0.3 is 19.3 Å². The molecule has 7 heteroatoms. The van der Waals surface area contributed by atoms with Crippen molar-refractivity contribution in [1.29, 1.82) is 0 Å². The van der Waals surface area contributed by atoms with Crippen LogP contribution in [0.2, 0.25) is 0 Å². The number of nitrogens with zero attached hydrogens (tertiary/aromatic N) is 3. The average molecular weight is 389 g/mol. The quantitative estimate of drug-likeness (QED) is 0.729. The number of benzene rings is 1. The molecule has 0 unspecified atom stereocenters. The van der Waals surface area contributed by atoms with E-state index < -0.39 is 0 Å². The fourth-order valence-corrected chi connectivity index (χ4v) is 3.54. The maximum atomic E-state index is 12.5. The highest BCUT2D eigenvalue weighted by atomic mass is 16.5. The van der Waals surface area contributed by atoms with Crippen molar-refractivity contribution in [2.24, 2.45) is 0 Å². The molecule has 2 aliphatic heterocycles. The van der Waals surface area contributed by atoms with E-state index in [1.807, 2.05) is 41.8 Å². The van der Waals surface area contributed by atoms with Crippen LogP contribution in [0.5, 0.6) is 5.75 Å². The number of morpholine rings is 1. The molecule has 0 N–H and O–H groups in total. The highest BCUT2D eigenvalue weighted by molar-refractivity contribution is 5.79. The summed E-state index contributed by atoms with van der Waals surface area (Å²) in [7, 11) is 0. The van der Waals surface area contributed by atoms with E-state index in [0.29, 0.717) is 59.0 Å². The number of hydrogen-bond donors (Lipinski definition) is 0. The van der Waals surface area contributed by atoms with E-state index >= 15 is 0 Å². The smallest absolute Gasteiger partial charge is 0.236 e. The monoisotopic (exact) mass is 389 g/mol. The molecule has 0 radical (unpaired) electrons. The first kappa shape index (κ1) is 20.6. The van der Waals surface area contributed by atoms with Crippen molar-refractivity contribution < 1.29 is 19.1 Å². The van der Waals surface area contributed by atoms with E-state index in [2.05, 4.69) is 4.90 Å². The minimum Gasteiger partial charge on any atom is -0.493 e. The molecular weight excluding hydrogens is 358 g/mol. The van der Waals surface area contributed by atoms with Crippen LogP contribution in [0.15, 0.2) is 18.2 Å². The van der Waals surface area contributed by atoms with E-state index in [9.17, 15) is 9.59 Å². The molecule has 28 heavy (non-hydrogen) atoms. The predicted molar refractivity (Wildman–Crippen MR) is 106 cm³/mol. The summed E-state index contributed by atoms with van der Waals surface area (Å²) in [5.41, 5.74) is 2.30. The Kier molecular flexibility index (Phi) is 7.28. The van der Waals surface area contributed by atoms with Crippen LogP contribution in [0.3, 0.4) is 0 Å². The highest BCUT2D eigenvalue weighted by Gasteiger charge is 2.25. The lowest BCUT2D eigenvalue weighted by Crippen LogP contribution is -2.53. The molecule has 7 nitrogen and oxygen atoms in total. The third-order valence-electron chi connectivity index (χ3n) is 5.58. The number of ether oxygens (including phenoxy) is 2. The SMILES string of the molecule is Cc1cccc(OCCC(=O)N2CCN(C(=O)CN3CCOCC3)CC2)c1C. The van der Waals surface area contributed by atoms with Crippen LogP contribution >= 0.6 is 0 Å². The zero-order valence-electron chi connectivity index (χ0n) is 17.0. The largest absolute Gasteiger partial charge is 0.493 e. The van der Waals surface area contributed by atoms with Gasteiger partial charge in [0.25, 0.3) is 0 Å². The normalized spacial score (nSPS) is 18.2. The van der Waals surface area contributed by atoms with Crippen LogP contribution in [0.4, 0.5) is 0 Å². The molecule has 0 spiro atoms. The van der Waals surface area contributed by atoms with Crippen molar-refractivity contribution in [3.05, 3.63) is 29.3 Å². The van der Waals surface area contributed by atoms with E-state index in [1.54, 1.807) is 0 Å². The van der Waals surface area contributed by atoms with Gasteiger partial charge in [0, 0.05) is 39.3 Å². The van der Waals surface area contributed by atoms with Gasteiger partial charge in [-0.1, -0.05) is 12.1 Å². The van der Waals surface area contributed by atoms with Gasteiger partial charge in [0.05, 0.1) is 32.8 Å². The Morgan fingerprint density at radius 3 is 2.29 bits per heavy atom. The standard InChI is InChI=1S/C21H31N3O4/c1-17-4-3-5-19(18(17)2)28-13-6-20(25)23-7-9-24(10-8-23)21(26)16-22-11-14-27-15-12-22/h3-5H,6-16H2,1-2H3. The van der Waals surface area contributed by atoms with Crippen molar-refractivity contribution in [2.45, 2.75) is 20.3 Å². The first-order chi connectivity index (χ1) is 13.5. The maximum Gasteiger partial charge on any atom is 0.236 e. The van der Waals surface area contributed by atoms with Crippen LogP contribution in [0.25, 0.3) is 0 Å². The molecule has 2 saturated heterocycles. The van der Waals surface area contributed by atoms with Gasteiger partial charge in [-0.25, -0.2) is 0 Å². The topological polar surface area (TPSA) is 62.3 Å². The number of piperazine rings is 1. The van der Waals surface area contributed by atoms with Crippen molar-refractivity contribution in [1.82, 2.24) is 14.7 Å². The van der Waals surface area contributed by atoms with Crippen LogP contribution in [-0.2, 0) is 14.3 Å². The minimum atomic E-state index is 0.0885. The molecule has 2 fully saturated rings. The molecule has 2 amide bonds. The number of carbonyl (C=O) groups is 2. The van der Waals surface area contributed by atoms with Gasteiger partial charge in [0.1, 0.15) is 5.75 Å². The minimum absolute atomic E-state index is 0.0885. The van der Waals surface area contributed by atoms with Gasteiger partial charge in [-0.3, -0.25) is 14.5 Å². The lowest BCUT2D eigenvalue weighted by Gasteiger charge is -2.36. The van der Waals surface area contributed by atoms with Gasteiger partial charge in [-0.2, -0.15) is 0 Å². The summed E-state index contributed by atoms with van der Waals surface area (Å²) in [5, 5.41) is 0. The van der Waals surface area contributed by atoms with Gasteiger partial charge in [-0.05, 0) is 31.0 Å². The fraction of sp³-hybridized carbons (Fsp3) is 0.619. The molecule has 0 saturated carbocycles. The maximum absolute atomic E-state index is 12.5. The lowest BCUT2D eigenvalue weighted by atomic mass is 10.1. The Morgan fingerprint density at radius 1 is 0.964 bits per heavy atom. The van der Waals surface area contributed by atoms with Gasteiger partial charge in [0.15, 0.2) is 0 Å². The molecule has 0 aliphatic carbocycles. The number of carbonyl (C=O) groups excluding carboxylic acids is 2. The molecule has 154 valence electrons. The summed E-state index contributed by atoms with van der Waals surface area (Å²) < 4.78 is 11.1. The second-order valence-corrected chi connectivity index (χ2v) is 7.45.